The second kappa shape index (κ2) is 14.1. The standard InChI is InChI=1S/C36H42F2N4O5/c1-23(40-16-18-41(19-17-40)30-13-12-26(37)20-29(30)38)25-10-8-24(9-11-25)22-46-32-7-5-6-27-28(32)21-42(35(27)45)31(34(39)44)14-15-33(43)47-36(2,3)4/h5-13,20,23,31H,14-19,21-22H2,1-4H3,(H2,39,44)/t23-,31+/m1/s1. The normalized spacial score (nSPS) is 16.5. The number of hydrogen-bond donors (Lipinski definition) is 1. The van der Waals surface area contributed by atoms with Gasteiger partial charge in [0, 0.05) is 55.8 Å². The number of carbonyl (C=O) groups excluding carboxylic acids is 3. The maximum atomic E-state index is 14.3. The van der Waals surface area contributed by atoms with Crippen molar-refractivity contribution in [1.82, 2.24) is 9.80 Å². The van der Waals surface area contributed by atoms with E-state index < -0.39 is 35.2 Å². The minimum absolute atomic E-state index is 0.0465. The number of fused-ring (bicyclic) bond motifs is 1. The molecule has 2 aliphatic heterocycles. The van der Waals surface area contributed by atoms with E-state index in [2.05, 4.69) is 24.0 Å². The van der Waals surface area contributed by atoms with E-state index in [-0.39, 0.29) is 37.9 Å². The topological polar surface area (TPSA) is 105 Å². The van der Waals surface area contributed by atoms with E-state index in [9.17, 15) is 23.2 Å². The molecule has 2 aliphatic rings. The Morgan fingerprint density at radius 1 is 0.979 bits per heavy atom. The van der Waals surface area contributed by atoms with E-state index in [0.717, 1.165) is 30.3 Å². The molecule has 9 nitrogen and oxygen atoms in total. The molecule has 0 unspecified atom stereocenters. The van der Waals surface area contributed by atoms with Crippen LogP contribution in [0, 0.1) is 11.6 Å². The second-order valence-corrected chi connectivity index (χ2v) is 13.1. The van der Waals surface area contributed by atoms with Crippen LogP contribution in [0.5, 0.6) is 5.75 Å². The smallest absolute Gasteiger partial charge is 0.306 e. The lowest BCUT2D eigenvalue weighted by atomic mass is 10.0. The van der Waals surface area contributed by atoms with Crippen molar-refractivity contribution < 1.29 is 32.6 Å². The Morgan fingerprint density at radius 2 is 1.68 bits per heavy atom. The highest BCUT2D eigenvalue weighted by atomic mass is 19.1. The van der Waals surface area contributed by atoms with Crippen molar-refractivity contribution >= 4 is 23.5 Å². The van der Waals surface area contributed by atoms with E-state index in [4.69, 9.17) is 15.2 Å². The highest BCUT2D eigenvalue weighted by Gasteiger charge is 2.37. The van der Waals surface area contributed by atoms with E-state index >= 15 is 0 Å². The molecule has 0 saturated carbocycles. The molecular weight excluding hydrogens is 606 g/mol. The van der Waals surface area contributed by atoms with Crippen LogP contribution in [0.2, 0.25) is 0 Å². The van der Waals surface area contributed by atoms with Crippen molar-refractivity contribution in [1.29, 1.82) is 0 Å². The summed E-state index contributed by atoms with van der Waals surface area (Å²) in [6.07, 6.45) is 0.0164. The van der Waals surface area contributed by atoms with Crippen molar-refractivity contribution in [3.05, 3.63) is 94.6 Å². The number of carbonyl (C=O) groups is 3. The van der Waals surface area contributed by atoms with Gasteiger partial charge in [0.1, 0.15) is 35.6 Å². The summed E-state index contributed by atoms with van der Waals surface area (Å²) in [5.41, 5.74) is 8.65. The first-order valence-corrected chi connectivity index (χ1v) is 15.9. The molecule has 0 radical (unpaired) electrons. The monoisotopic (exact) mass is 648 g/mol. The number of nitrogens with zero attached hydrogens (tertiary/aromatic N) is 3. The van der Waals surface area contributed by atoms with Crippen molar-refractivity contribution in [2.45, 2.75) is 71.4 Å². The van der Waals surface area contributed by atoms with Gasteiger partial charge in [0.25, 0.3) is 5.91 Å². The van der Waals surface area contributed by atoms with Crippen molar-refractivity contribution in [3.8, 4) is 5.75 Å². The van der Waals surface area contributed by atoms with Gasteiger partial charge in [0.2, 0.25) is 5.91 Å². The molecule has 0 aromatic heterocycles. The average molecular weight is 649 g/mol. The largest absolute Gasteiger partial charge is 0.489 e. The number of hydrogen-bond acceptors (Lipinski definition) is 7. The molecule has 3 aromatic carbocycles. The molecule has 250 valence electrons. The molecule has 2 heterocycles. The molecular formula is C36H42F2N4O5. The van der Waals surface area contributed by atoms with Crippen LogP contribution in [-0.2, 0) is 27.5 Å². The summed E-state index contributed by atoms with van der Waals surface area (Å²) < 4.78 is 39.1. The molecule has 2 amide bonds. The number of ether oxygens (including phenoxy) is 2. The van der Waals surface area contributed by atoms with Crippen LogP contribution >= 0.6 is 0 Å². The fourth-order valence-electron chi connectivity index (χ4n) is 6.16. The predicted octanol–water partition coefficient (Wildman–Crippen LogP) is 5.36. The summed E-state index contributed by atoms with van der Waals surface area (Å²) in [6.45, 7) is 10.6. The van der Waals surface area contributed by atoms with Crippen LogP contribution in [-0.4, -0.2) is 65.4 Å². The summed E-state index contributed by atoms with van der Waals surface area (Å²) in [6, 6.07) is 16.3. The number of primary amides is 1. The van der Waals surface area contributed by atoms with Crippen molar-refractivity contribution in [2.75, 3.05) is 31.1 Å². The Bertz CT molecular complexity index is 1620. The zero-order valence-electron chi connectivity index (χ0n) is 27.3. The molecule has 1 saturated heterocycles. The fraction of sp³-hybridized carbons (Fsp3) is 0.417. The first kappa shape index (κ1) is 33.8. The fourth-order valence-corrected chi connectivity index (χ4v) is 6.16. The van der Waals surface area contributed by atoms with Gasteiger partial charge in [-0.05, 0) is 69.5 Å². The molecule has 1 fully saturated rings. The van der Waals surface area contributed by atoms with Gasteiger partial charge in [-0.1, -0.05) is 30.3 Å². The van der Waals surface area contributed by atoms with Gasteiger partial charge >= 0.3 is 5.97 Å². The molecule has 0 bridgehead atoms. The molecule has 3 aromatic rings. The highest BCUT2D eigenvalue weighted by Crippen LogP contribution is 2.34. The third-order valence-electron chi connectivity index (χ3n) is 8.67. The lowest BCUT2D eigenvalue weighted by Gasteiger charge is -2.39. The maximum Gasteiger partial charge on any atom is 0.306 e. The lowest BCUT2D eigenvalue weighted by molar-refractivity contribution is -0.155. The third-order valence-corrected chi connectivity index (χ3v) is 8.67. The van der Waals surface area contributed by atoms with Crippen LogP contribution in [0.15, 0.2) is 60.7 Å². The molecule has 5 rings (SSSR count). The number of halogens is 2. The van der Waals surface area contributed by atoms with Crippen LogP contribution < -0.4 is 15.4 Å². The van der Waals surface area contributed by atoms with E-state index in [1.165, 1.54) is 17.0 Å². The number of benzene rings is 3. The number of piperazine rings is 1. The first-order valence-electron chi connectivity index (χ1n) is 15.9. The van der Waals surface area contributed by atoms with Gasteiger partial charge in [-0.3, -0.25) is 19.3 Å². The van der Waals surface area contributed by atoms with Gasteiger partial charge < -0.3 is 25.0 Å². The van der Waals surface area contributed by atoms with Crippen LogP contribution in [0.4, 0.5) is 14.5 Å². The summed E-state index contributed by atoms with van der Waals surface area (Å²) >= 11 is 0. The van der Waals surface area contributed by atoms with Crippen LogP contribution in [0.3, 0.4) is 0 Å². The highest BCUT2D eigenvalue weighted by molar-refractivity contribution is 6.01. The van der Waals surface area contributed by atoms with Crippen LogP contribution in [0.25, 0.3) is 0 Å². The number of rotatable bonds is 11. The molecule has 11 heteroatoms. The van der Waals surface area contributed by atoms with E-state index in [0.29, 0.717) is 35.7 Å². The summed E-state index contributed by atoms with van der Waals surface area (Å²) in [4.78, 5) is 43.6. The number of nitrogens with two attached hydrogens (primary N) is 1. The molecule has 0 aliphatic carbocycles. The van der Waals surface area contributed by atoms with Gasteiger partial charge in [-0.15, -0.1) is 0 Å². The SMILES string of the molecule is C[C@H](c1ccc(COc2cccc3c2CN([C@@H](CCC(=O)OC(C)(C)C)C(N)=O)C3=O)cc1)N1CCN(c2ccc(F)cc2F)CC1. The third kappa shape index (κ3) is 8.08. The quantitative estimate of drug-likeness (QED) is 0.279. The summed E-state index contributed by atoms with van der Waals surface area (Å²) in [7, 11) is 0. The molecule has 2 atom stereocenters. The zero-order valence-corrected chi connectivity index (χ0v) is 27.3. The number of anilines is 1. The van der Waals surface area contributed by atoms with E-state index in [1.54, 1.807) is 39.0 Å². The number of amides is 2. The van der Waals surface area contributed by atoms with Gasteiger partial charge in [-0.2, -0.15) is 0 Å². The molecule has 0 spiro atoms. The van der Waals surface area contributed by atoms with E-state index in [1.807, 2.05) is 17.0 Å². The van der Waals surface area contributed by atoms with Gasteiger partial charge in [0.15, 0.2) is 0 Å². The van der Waals surface area contributed by atoms with Crippen molar-refractivity contribution in [3.63, 3.8) is 0 Å². The average Bonchev–Trinajstić information content (AvgIpc) is 3.35. The summed E-state index contributed by atoms with van der Waals surface area (Å²) in [5.74, 6) is -2.06. The maximum absolute atomic E-state index is 14.3. The summed E-state index contributed by atoms with van der Waals surface area (Å²) in [5, 5.41) is 0. The molecule has 2 N–H and O–H groups in total. The van der Waals surface area contributed by atoms with Crippen molar-refractivity contribution in [2.24, 2.45) is 5.73 Å². The Morgan fingerprint density at radius 3 is 2.32 bits per heavy atom. The first-order chi connectivity index (χ1) is 22.3. The lowest BCUT2D eigenvalue weighted by Crippen LogP contribution is -2.47. The Hall–Kier alpha value is -4.51. The predicted molar refractivity (Wildman–Crippen MR) is 174 cm³/mol. The molecule has 47 heavy (non-hydrogen) atoms. The second-order valence-electron chi connectivity index (χ2n) is 13.1. The van der Waals surface area contributed by atoms with Crippen LogP contribution in [0.1, 0.15) is 73.6 Å². The van der Waals surface area contributed by atoms with Gasteiger partial charge in [-0.25, -0.2) is 8.78 Å². The Labute approximate surface area is 274 Å². The Kier molecular flexibility index (Phi) is 10.1. The number of esters is 1. The zero-order chi connectivity index (χ0) is 33.9. The minimum atomic E-state index is -0.961. The minimum Gasteiger partial charge on any atom is -0.489 e. The Balaban J connectivity index is 1.17. The van der Waals surface area contributed by atoms with Gasteiger partial charge in [0.05, 0.1) is 12.2 Å².